The molecule has 1 aliphatic heterocycles. The van der Waals surface area contributed by atoms with Gasteiger partial charge in [0.1, 0.15) is 22.7 Å². The average molecular weight is 399 g/mol. The predicted molar refractivity (Wildman–Crippen MR) is 109 cm³/mol. The second-order valence-electron chi connectivity index (χ2n) is 5.88. The number of aliphatic carboxylic acids is 1. The van der Waals surface area contributed by atoms with Crippen LogP contribution >= 0.6 is 24.0 Å². The van der Waals surface area contributed by atoms with Crippen molar-refractivity contribution < 1.29 is 19.4 Å². The van der Waals surface area contributed by atoms with Crippen LogP contribution < -0.4 is 4.74 Å². The number of thioether (sulfide) groups is 1. The Morgan fingerprint density at radius 2 is 1.89 bits per heavy atom. The molecule has 2 aromatic rings. The Balaban J connectivity index is 1.82. The second-order valence-corrected chi connectivity index (χ2v) is 7.55. The van der Waals surface area contributed by atoms with Gasteiger partial charge in [0.15, 0.2) is 0 Å². The fourth-order valence-corrected chi connectivity index (χ4v) is 3.94. The second kappa shape index (κ2) is 8.37. The van der Waals surface area contributed by atoms with Crippen LogP contribution in [0.4, 0.5) is 0 Å². The van der Waals surface area contributed by atoms with Crippen LogP contribution in [0.5, 0.6) is 5.75 Å². The van der Waals surface area contributed by atoms with Crippen LogP contribution in [0.2, 0.25) is 0 Å². The molecule has 1 fully saturated rings. The van der Waals surface area contributed by atoms with Crippen LogP contribution in [0.15, 0.2) is 59.5 Å². The molecule has 1 N–H and O–H groups in total. The van der Waals surface area contributed by atoms with Crippen LogP contribution in [-0.2, 0) is 16.2 Å². The minimum Gasteiger partial charge on any atom is -0.488 e. The molecule has 0 bridgehead atoms. The number of carboxylic acids is 1. The lowest BCUT2D eigenvalue weighted by Crippen LogP contribution is -2.41. The van der Waals surface area contributed by atoms with E-state index in [9.17, 15) is 14.7 Å². The van der Waals surface area contributed by atoms with Gasteiger partial charge >= 0.3 is 5.97 Å². The highest BCUT2D eigenvalue weighted by atomic mass is 32.2. The normalized spacial score (nSPS) is 16.6. The van der Waals surface area contributed by atoms with E-state index in [4.69, 9.17) is 17.0 Å². The predicted octanol–water partition coefficient (Wildman–Crippen LogP) is 3.94. The topological polar surface area (TPSA) is 66.8 Å². The number of hydrogen-bond acceptors (Lipinski definition) is 5. The summed E-state index contributed by atoms with van der Waals surface area (Å²) < 4.78 is 6.14. The van der Waals surface area contributed by atoms with Gasteiger partial charge in [0.05, 0.1) is 4.91 Å². The summed E-state index contributed by atoms with van der Waals surface area (Å²) in [6.07, 6.45) is 1.69. The van der Waals surface area contributed by atoms with Crippen molar-refractivity contribution in [1.29, 1.82) is 0 Å². The van der Waals surface area contributed by atoms with Crippen LogP contribution in [0.1, 0.15) is 18.1 Å². The number of nitrogens with zero attached hydrogens (tertiary/aromatic N) is 1. The maximum Gasteiger partial charge on any atom is 0.326 e. The van der Waals surface area contributed by atoms with E-state index < -0.39 is 17.9 Å². The number of ether oxygens (including phenoxy) is 1. The summed E-state index contributed by atoms with van der Waals surface area (Å²) >= 11 is 6.28. The third-order valence-corrected chi connectivity index (χ3v) is 5.34. The Morgan fingerprint density at radius 3 is 2.59 bits per heavy atom. The number of benzene rings is 2. The van der Waals surface area contributed by atoms with Gasteiger partial charge < -0.3 is 9.84 Å². The summed E-state index contributed by atoms with van der Waals surface area (Å²) in [6.45, 7) is 1.84. The first-order chi connectivity index (χ1) is 13.0. The van der Waals surface area contributed by atoms with E-state index in [-0.39, 0.29) is 4.32 Å². The Morgan fingerprint density at radius 1 is 1.22 bits per heavy atom. The molecule has 3 rings (SSSR count). The minimum atomic E-state index is -1.10. The molecule has 5 nitrogen and oxygen atoms in total. The standard InChI is InChI=1S/C20H17NO4S2/c1-13(19(23)24)21-18(22)17(27-20(21)26)11-15-9-5-6-10-16(15)25-12-14-7-3-2-4-8-14/h2-11,13H,12H2,1H3,(H,23,24)/b17-11-. The van der Waals surface area contributed by atoms with Crippen LogP contribution in [0.25, 0.3) is 6.08 Å². The van der Waals surface area contributed by atoms with Gasteiger partial charge in [-0.15, -0.1) is 0 Å². The zero-order valence-electron chi connectivity index (χ0n) is 14.5. The summed E-state index contributed by atoms with van der Waals surface area (Å²) in [4.78, 5) is 25.3. The lowest BCUT2D eigenvalue weighted by molar-refractivity contribution is -0.144. The molecule has 1 unspecified atom stereocenters. The highest BCUT2D eigenvalue weighted by molar-refractivity contribution is 8.26. The number of para-hydroxylation sites is 1. The van der Waals surface area contributed by atoms with E-state index in [2.05, 4.69) is 0 Å². The van der Waals surface area contributed by atoms with Crippen molar-refractivity contribution >= 4 is 46.3 Å². The largest absolute Gasteiger partial charge is 0.488 e. The van der Waals surface area contributed by atoms with Gasteiger partial charge in [-0.3, -0.25) is 9.69 Å². The number of carboxylic acid groups (broad SMARTS) is 1. The van der Waals surface area contributed by atoms with E-state index in [1.54, 1.807) is 6.08 Å². The maximum atomic E-state index is 12.6. The number of rotatable bonds is 6. The number of amides is 1. The van der Waals surface area contributed by atoms with Gasteiger partial charge in [-0.25, -0.2) is 4.79 Å². The zero-order chi connectivity index (χ0) is 19.4. The molecular weight excluding hydrogens is 382 g/mol. The lowest BCUT2D eigenvalue weighted by atomic mass is 10.1. The molecule has 27 heavy (non-hydrogen) atoms. The first kappa shape index (κ1) is 19.1. The number of carbonyl (C=O) groups is 2. The van der Waals surface area contributed by atoms with Gasteiger partial charge in [-0.05, 0) is 24.6 Å². The quantitative estimate of drug-likeness (QED) is 0.586. The van der Waals surface area contributed by atoms with Crippen molar-refractivity contribution in [3.05, 3.63) is 70.6 Å². The molecule has 0 radical (unpaired) electrons. The summed E-state index contributed by atoms with van der Waals surface area (Å²) in [6, 6.07) is 16.1. The molecular formula is C20H17NO4S2. The first-order valence-electron chi connectivity index (χ1n) is 8.23. The fraction of sp³-hybridized carbons (Fsp3) is 0.150. The monoisotopic (exact) mass is 399 g/mol. The number of hydrogen-bond donors (Lipinski definition) is 1. The molecule has 2 aromatic carbocycles. The summed E-state index contributed by atoms with van der Waals surface area (Å²) in [5, 5.41) is 9.17. The van der Waals surface area contributed by atoms with Crippen molar-refractivity contribution in [3.63, 3.8) is 0 Å². The van der Waals surface area contributed by atoms with E-state index in [0.29, 0.717) is 17.3 Å². The van der Waals surface area contributed by atoms with Crippen molar-refractivity contribution in [1.82, 2.24) is 4.90 Å². The molecule has 7 heteroatoms. The SMILES string of the molecule is CC(C(=O)O)N1C(=O)/C(=C/c2ccccc2OCc2ccccc2)SC1=S. The van der Waals surface area contributed by atoms with Crippen LogP contribution in [-0.4, -0.2) is 32.2 Å². The van der Waals surface area contributed by atoms with Crippen LogP contribution in [0.3, 0.4) is 0 Å². The van der Waals surface area contributed by atoms with E-state index in [1.807, 2.05) is 54.6 Å². The Labute approximate surface area is 166 Å². The molecule has 1 aliphatic rings. The molecule has 0 spiro atoms. The smallest absolute Gasteiger partial charge is 0.326 e. The molecule has 1 atom stereocenters. The van der Waals surface area contributed by atoms with Gasteiger partial charge in [0.25, 0.3) is 5.91 Å². The van der Waals surface area contributed by atoms with Gasteiger partial charge in [0, 0.05) is 5.56 Å². The summed E-state index contributed by atoms with van der Waals surface area (Å²) in [5.74, 6) is -0.866. The highest BCUT2D eigenvalue weighted by Crippen LogP contribution is 2.35. The Kier molecular flexibility index (Phi) is 5.93. The van der Waals surface area contributed by atoms with Crippen molar-refractivity contribution in [2.45, 2.75) is 19.6 Å². The molecule has 0 saturated carbocycles. The molecule has 1 heterocycles. The van der Waals surface area contributed by atoms with Crippen molar-refractivity contribution in [3.8, 4) is 5.75 Å². The summed E-state index contributed by atoms with van der Waals surface area (Å²) in [5.41, 5.74) is 1.77. The lowest BCUT2D eigenvalue weighted by Gasteiger charge is -2.18. The average Bonchev–Trinajstić information content (AvgIpc) is 2.94. The van der Waals surface area contributed by atoms with Gasteiger partial charge in [-0.2, -0.15) is 0 Å². The van der Waals surface area contributed by atoms with Crippen molar-refractivity contribution in [2.24, 2.45) is 0 Å². The van der Waals surface area contributed by atoms with E-state index in [0.717, 1.165) is 27.8 Å². The van der Waals surface area contributed by atoms with Crippen LogP contribution in [0, 0.1) is 0 Å². The molecule has 138 valence electrons. The summed E-state index contributed by atoms with van der Waals surface area (Å²) in [7, 11) is 0. The highest BCUT2D eigenvalue weighted by Gasteiger charge is 2.38. The minimum absolute atomic E-state index is 0.240. The van der Waals surface area contributed by atoms with Gasteiger partial charge in [-0.1, -0.05) is 72.5 Å². The number of carbonyl (C=O) groups excluding carboxylic acids is 1. The number of thiocarbonyl (C=S) groups is 1. The zero-order valence-corrected chi connectivity index (χ0v) is 16.1. The first-order valence-corrected chi connectivity index (χ1v) is 9.45. The maximum absolute atomic E-state index is 12.6. The third kappa shape index (κ3) is 4.37. The van der Waals surface area contributed by atoms with E-state index >= 15 is 0 Å². The molecule has 1 amide bonds. The van der Waals surface area contributed by atoms with E-state index in [1.165, 1.54) is 6.92 Å². The van der Waals surface area contributed by atoms with Gasteiger partial charge in [0.2, 0.25) is 0 Å². The third-order valence-electron chi connectivity index (χ3n) is 4.01. The Hall–Kier alpha value is -2.64. The molecule has 0 aliphatic carbocycles. The fourth-order valence-electron chi connectivity index (χ4n) is 2.53. The Bertz CT molecular complexity index is 911. The van der Waals surface area contributed by atoms with Crippen molar-refractivity contribution in [2.75, 3.05) is 0 Å². The molecule has 0 aromatic heterocycles. The molecule has 1 saturated heterocycles.